The normalized spacial score (nSPS) is 17.9. The van der Waals surface area contributed by atoms with E-state index in [9.17, 15) is 18.0 Å². The highest BCUT2D eigenvalue weighted by atomic mass is 32.2. The summed E-state index contributed by atoms with van der Waals surface area (Å²) >= 11 is 0. The molecule has 0 radical (unpaired) electrons. The number of nitrogens with one attached hydrogen (secondary N) is 2. The van der Waals surface area contributed by atoms with E-state index in [1.165, 1.54) is 31.1 Å². The number of amides is 2. The number of likely N-dealkylation sites (tertiary alicyclic amines) is 1. The van der Waals surface area contributed by atoms with E-state index in [1.807, 2.05) is 4.90 Å². The van der Waals surface area contributed by atoms with Crippen molar-refractivity contribution in [2.45, 2.75) is 55.9 Å². The molecule has 1 saturated carbocycles. The molecule has 2 amide bonds. The molecule has 8 heteroatoms. The van der Waals surface area contributed by atoms with Gasteiger partial charge >= 0.3 is 0 Å². The Kier molecular flexibility index (Phi) is 7.44. The van der Waals surface area contributed by atoms with Gasteiger partial charge in [0.25, 0.3) is 0 Å². The summed E-state index contributed by atoms with van der Waals surface area (Å²) in [5.41, 5.74) is 0.728. The molecule has 29 heavy (non-hydrogen) atoms. The lowest BCUT2D eigenvalue weighted by molar-refractivity contribution is -0.131. The molecule has 0 atom stereocenters. The molecular weight excluding hydrogens is 390 g/mol. The summed E-state index contributed by atoms with van der Waals surface area (Å²) in [5, 5.41) is 2.72. The van der Waals surface area contributed by atoms with Crippen LogP contribution in [-0.2, 0) is 19.6 Å². The van der Waals surface area contributed by atoms with Gasteiger partial charge in [-0.25, -0.2) is 13.1 Å². The fraction of sp³-hybridized carbons (Fsp3) is 0.524. The van der Waals surface area contributed by atoms with Gasteiger partial charge < -0.3 is 10.2 Å². The standard InChI is InChI=1S/C21H29N3O4S/c25-20(22-14-13-21(26)24-15-3-1-2-4-16-24)12-7-17-5-10-19(11-6-17)29(27,28)23-18-8-9-18/h5-7,10-12,18,23H,1-4,8-9,13-16H2,(H,22,25)/b12-7+. The summed E-state index contributed by atoms with van der Waals surface area (Å²) in [6.07, 6.45) is 9.55. The quantitative estimate of drug-likeness (QED) is 0.631. The van der Waals surface area contributed by atoms with Crippen molar-refractivity contribution in [3.8, 4) is 0 Å². The van der Waals surface area contributed by atoms with Crippen LogP contribution in [0.1, 0.15) is 50.5 Å². The Bertz CT molecular complexity index is 837. The third-order valence-corrected chi connectivity index (χ3v) is 6.65. The second-order valence-corrected chi connectivity index (χ2v) is 9.35. The van der Waals surface area contributed by atoms with Crippen LogP contribution in [0.3, 0.4) is 0 Å². The second-order valence-electron chi connectivity index (χ2n) is 7.63. The van der Waals surface area contributed by atoms with Gasteiger partial charge in [-0.1, -0.05) is 25.0 Å². The molecule has 3 rings (SSSR count). The first kappa shape index (κ1) is 21.5. The van der Waals surface area contributed by atoms with Crippen molar-refractivity contribution in [2.75, 3.05) is 19.6 Å². The van der Waals surface area contributed by atoms with Crippen LogP contribution in [0.4, 0.5) is 0 Å². The van der Waals surface area contributed by atoms with Crippen molar-refractivity contribution in [1.29, 1.82) is 0 Å². The predicted molar refractivity (Wildman–Crippen MR) is 111 cm³/mol. The van der Waals surface area contributed by atoms with Crippen LogP contribution in [0.15, 0.2) is 35.2 Å². The fourth-order valence-corrected chi connectivity index (χ4v) is 4.55. The SMILES string of the molecule is O=C(/C=C/c1ccc(S(=O)(=O)NC2CC2)cc1)NCCC(=O)N1CCCCCC1. The lowest BCUT2D eigenvalue weighted by atomic mass is 10.2. The van der Waals surface area contributed by atoms with E-state index in [0.29, 0.717) is 13.0 Å². The zero-order chi connectivity index (χ0) is 20.7. The largest absolute Gasteiger partial charge is 0.352 e. The zero-order valence-corrected chi connectivity index (χ0v) is 17.4. The number of sulfonamides is 1. The van der Waals surface area contributed by atoms with Crippen LogP contribution in [0.5, 0.6) is 0 Å². The van der Waals surface area contributed by atoms with Gasteiger partial charge in [-0.05, 0) is 49.5 Å². The summed E-state index contributed by atoms with van der Waals surface area (Å²) in [6.45, 7) is 1.94. The molecule has 1 aromatic rings. The second kappa shape index (κ2) is 10.0. The van der Waals surface area contributed by atoms with Crippen molar-refractivity contribution in [3.63, 3.8) is 0 Å². The van der Waals surface area contributed by atoms with Crippen molar-refractivity contribution in [3.05, 3.63) is 35.9 Å². The van der Waals surface area contributed by atoms with Gasteiger partial charge in [0.05, 0.1) is 4.90 Å². The van der Waals surface area contributed by atoms with E-state index in [-0.39, 0.29) is 22.8 Å². The Labute approximate surface area is 172 Å². The Morgan fingerprint density at radius 1 is 1.03 bits per heavy atom. The van der Waals surface area contributed by atoms with E-state index >= 15 is 0 Å². The van der Waals surface area contributed by atoms with Crippen molar-refractivity contribution >= 4 is 27.9 Å². The molecule has 2 aliphatic rings. The molecule has 0 unspecified atom stereocenters. The minimum Gasteiger partial charge on any atom is -0.352 e. The highest BCUT2D eigenvalue weighted by Crippen LogP contribution is 2.22. The Morgan fingerprint density at radius 3 is 2.31 bits per heavy atom. The summed E-state index contributed by atoms with van der Waals surface area (Å²) in [6, 6.07) is 6.45. The summed E-state index contributed by atoms with van der Waals surface area (Å²) in [4.78, 5) is 26.3. The molecule has 1 heterocycles. The first-order chi connectivity index (χ1) is 13.9. The molecule has 0 spiro atoms. The maximum atomic E-state index is 12.2. The average molecular weight is 420 g/mol. The monoisotopic (exact) mass is 419 g/mol. The molecular formula is C21H29N3O4S. The third-order valence-electron chi connectivity index (χ3n) is 5.11. The molecule has 1 aliphatic heterocycles. The number of rotatable bonds is 8. The van der Waals surface area contributed by atoms with Crippen LogP contribution in [0, 0.1) is 0 Å². The number of benzene rings is 1. The van der Waals surface area contributed by atoms with Crippen LogP contribution >= 0.6 is 0 Å². The van der Waals surface area contributed by atoms with Crippen LogP contribution in [0.25, 0.3) is 6.08 Å². The average Bonchev–Trinajstić information content (AvgIpc) is 3.53. The number of hydrogen-bond donors (Lipinski definition) is 2. The van der Waals surface area contributed by atoms with Crippen molar-refractivity contribution < 1.29 is 18.0 Å². The molecule has 1 aromatic carbocycles. The smallest absolute Gasteiger partial charge is 0.244 e. The number of nitrogens with zero attached hydrogens (tertiary/aromatic N) is 1. The Balaban J connectivity index is 1.42. The van der Waals surface area contributed by atoms with E-state index in [2.05, 4.69) is 10.0 Å². The molecule has 2 fully saturated rings. The van der Waals surface area contributed by atoms with Gasteiger partial charge in [-0.3, -0.25) is 9.59 Å². The van der Waals surface area contributed by atoms with E-state index in [4.69, 9.17) is 0 Å². The van der Waals surface area contributed by atoms with Crippen molar-refractivity contribution in [2.24, 2.45) is 0 Å². The molecule has 0 aromatic heterocycles. The van der Waals surface area contributed by atoms with Gasteiger partial charge in [0.2, 0.25) is 21.8 Å². The first-order valence-electron chi connectivity index (χ1n) is 10.3. The highest BCUT2D eigenvalue weighted by molar-refractivity contribution is 7.89. The molecule has 1 aliphatic carbocycles. The summed E-state index contributed by atoms with van der Waals surface area (Å²) < 4.78 is 26.9. The third kappa shape index (κ3) is 6.97. The van der Waals surface area contributed by atoms with Crippen LogP contribution in [0.2, 0.25) is 0 Å². The van der Waals surface area contributed by atoms with Crippen LogP contribution in [-0.4, -0.2) is 50.8 Å². The molecule has 7 nitrogen and oxygen atoms in total. The first-order valence-corrected chi connectivity index (χ1v) is 11.8. The molecule has 158 valence electrons. The van der Waals surface area contributed by atoms with Gasteiger partial charge in [-0.15, -0.1) is 0 Å². The fourth-order valence-electron chi connectivity index (χ4n) is 3.25. The lowest BCUT2D eigenvalue weighted by Gasteiger charge is -2.20. The van der Waals surface area contributed by atoms with Gasteiger partial charge in [0, 0.05) is 38.2 Å². The predicted octanol–water partition coefficient (Wildman–Crippen LogP) is 2.05. The lowest BCUT2D eigenvalue weighted by Crippen LogP contribution is -2.34. The maximum absolute atomic E-state index is 12.2. The molecule has 2 N–H and O–H groups in total. The minimum atomic E-state index is -3.47. The van der Waals surface area contributed by atoms with Crippen molar-refractivity contribution in [1.82, 2.24) is 14.9 Å². The van der Waals surface area contributed by atoms with E-state index in [1.54, 1.807) is 18.2 Å². The van der Waals surface area contributed by atoms with Crippen LogP contribution < -0.4 is 10.0 Å². The molecule has 0 bridgehead atoms. The number of carbonyl (C=O) groups is 2. The summed E-state index contributed by atoms with van der Waals surface area (Å²) in [5.74, 6) is -0.187. The summed E-state index contributed by atoms with van der Waals surface area (Å²) in [7, 11) is -3.47. The van der Waals surface area contributed by atoms with Gasteiger partial charge in [0.15, 0.2) is 0 Å². The number of carbonyl (C=O) groups excluding carboxylic acids is 2. The zero-order valence-electron chi connectivity index (χ0n) is 16.6. The van der Waals surface area contributed by atoms with Gasteiger partial charge in [0.1, 0.15) is 0 Å². The minimum absolute atomic E-state index is 0.0644. The highest BCUT2D eigenvalue weighted by Gasteiger charge is 2.27. The Hall–Kier alpha value is -2.19. The maximum Gasteiger partial charge on any atom is 0.244 e. The topological polar surface area (TPSA) is 95.6 Å². The van der Waals surface area contributed by atoms with E-state index in [0.717, 1.165) is 44.3 Å². The van der Waals surface area contributed by atoms with Gasteiger partial charge in [-0.2, -0.15) is 0 Å². The van der Waals surface area contributed by atoms with E-state index < -0.39 is 10.0 Å². The number of hydrogen-bond acceptors (Lipinski definition) is 4. The Morgan fingerprint density at radius 2 is 1.69 bits per heavy atom. The molecule has 1 saturated heterocycles.